The maximum absolute atomic E-state index is 4.41. The monoisotopic (exact) mass is 274 g/mol. The molecule has 0 N–H and O–H groups in total. The van der Waals surface area contributed by atoms with Crippen LogP contribution in [0.1, 0.15) is 36.4 Å². The van der Waals surface area contributed by atoms with Crippen LogP contribution in [0, 0.1) is 6.92 Å². The molecule has 0 saturated heterocycles. The molecule has 1 unspecified atom stereocenters. The highest BCUT2D eigenvalue weighted by atomic mass is 32.1. The predicted molar refractivity (Wildman–Crippen MR) is 82.3 cm³/mol. The summed E-state index contributed by atoms with van der Waals surface area (Å²) in [4.78, 5) is 6.91. The Morgan fingerprint density at radius 1 is 1.21 bits per heavy atom. The van der Waals surface area contributed by atoms with Gasteiger partial charge >= 0.3 is 0 Å². The van der Waals surface area contributed by atoms with Gasteiger partial charge < -0.3 is 0 Å². The van der Waals surface area contributed by atoms with Gasteiger partial charge in [-0.1, -0.05) is 36.8 Å². The van der Waals surface area contributed by atoms with Crippen molar-refractivity contribution in [2.24, 2.45) is 0 Å². The maximum atomic E-state index is 4.41. The molecule has 19 heavy (non-hydrogen) atoms. The number of benzene rings is 1. The molecule has 2 aromatic rings. The lowest BCUT2D eigenvalue weighted by molar-refractivity contribution is 0.186. The molecule has 0 spiro atoms. The summed E-state index contributed by atoms with van der Waals surface area (Å²) >= 11 is 1.74. The fourth-order valence-corrected chi connectivity index (χ4v) is 2.70. The molecule has 0 amide bonds. The molecule has 2 rings (SSSR count). The first kappa shape index (κ1) is 14.2. The zero-order valence-corrected chi connectivity index (χ0v) is 12.8. The number of nitrogens with zero attached hydrogens (tertiary/aromatic N) is 2. The first-order chi connectivity index (χ1) is 9.19. The van der Waals surface area contributed by atoms with Gasteiger partial charge in [0.25, 0.3) is 0 Å². The number of hydrogen-bond donors (Lipinski definition) is 0. The first-order valence-corrected chi connectivity index (χ1v) is 7.75. The Balaban J connectivity index is 2.07. The van der Waals surface area contributed by atoms with Gasteiger partial charge in [0.2, 0.25) is 0 Å². The quantitative estimate of drug-likeness (QED) is 0.782. The average Bonchev–Trinajstić information content (AvgIpc) is 2.92. The van der Waals surface area contributed by atoms with E-state index < -0.39 is 0 Å². The molecule has 1 atom stereocenters. The molecule has 102 valence electrons. The van der Waals surface area contributed by atoms with Crippen molar-refractivity contribution in [3.8, 4) is 0 Å². The van der Waals surface area contributed by atoms with Gasteiger partial charge in [0, 0.05) is 24.2 Å². The summed E-state index contributed by atoms with van der Waals surface area (Å²) in [6.07, 6.45) is 3.05. The third-order valence-electron chi connectivity index (χ3n) is 3.54. The van der Waals surface area contributed by atoms with Crippen molar-refractivity contribution in [2.75, 3.05) is 0 Å². The van der Waals surface area contributed by atoms with Gasteiger partial charge in [-0.15, -0.1) is 11.3 Å². The topological polar surface area (TPSA) is 16.1 Å². The highest BCUT2D eigenvalue weighted by Crippen LogP contribution is 2.16. The van der Waals surface area contributed by atoms with Gasteiger partial charge in [-0.3, -0.25) is 4.90 Å². The third-order valence-corrected chi connectivity index (χ3v) is 4.31. The number of thiazole rings is 1. The fraction of sp³-hybridized carbons (Fsp3) is 0.438. The Morgan fingerprint density at radius 3 is 2.53 bits per heavy atom. The molecule has 0 saturated carbocycles. The van der Waals surface area contributed by atoms with E-state index >= 15 is 0 Å². The van der Waals surface area contributed by atoms with Crippen LogP contribution < -0.4 is 0 Å². The summed E-state index contributed by atoms with van der Waals surface area (Å²) in [5.41, 5.74) is 2.70. The van der Waals surface area contributed by atoms with Crippen molar-refractivity contribution >= 4 is 11.3 Å². The minimum Gasteiger partial charge on any atom is -0.290 e. The van der Waals surface area contributed by atoms with E-state index in [1.54, 1.807) is 11.3 Å². The van der Waals surface area contributed by atoms with E-state index in [9.17, 15) is 0 Å². The van der Waals surface area contributed by atoms with Crippen molar-refractivity contribution in [2.45, 2.75) is 46.3 Å². The van der Waals surface area contributed by atoms with Gasteiger partial charge in [-0.2, -0.15) is 0 Å². The van der Waals surface area contributed by atoms with Crippen LogP contribution in [0.4, 0.5) is 0 Å². The Bertz CT molecular complexity index is 476. The predicted octanol–water partition coefficient (Wildman–Crippen LogP) is 4.25. The number of aromatic nitrogens is 1. The van der Waals surface area contributed by atoms with Crippen molar-refractivity contribution in [3.05, 3.63) is 52.0 Å². The van der Waals surface area contributed by atoms with Gasteiger partial charge in [0.15, 0.2) is 0 Å². The lowest BCUT2D eigenvalue weighted by atomic mass is 10.1. The van der Waals surface area contributed by atoms with Crippen LogP contribution in [0.15, 0.2) is 35.8 Å². The normalized spacial score (nSPS) is 12.8. The molecule has 1 aromatic carbocycles. The van der Waals surface area contributed by atoms with Crippen molar-refractivity contribution in [3.63, 3.8) is 0 Å². The van der Waals surface area contributed by atoms with Gasteiger partial charge in [0.1, 0.15) is 5.01 Å². The summed E-state index contributed by atoms with van der Waals surface area (Å²) in [5, 5.41) is 3.25. The standard InChI is InChI=1S/C16H22N2S/c1-4-14(3)18(12-16-17-9-10-19-16)11-15-7-5-13(2)6-8-15/h5-10,14H,4,11-12H2,1-3H3. The zero-order valence-electron chi connectivity index (χ0n) is 12.0. The fourth-order valence-electron chi connectivity index (χ4n) is 2.06. The van der Waals surface area contributed by atoms with Crippen LogP contribution in [-0.2, 0) is 13.1 Å². The summed E-state index contributed by atoms with van der Waals surface area (Å²) in [6.45, 7) is 8.61. The molecule has 1 aromatic heterocycles. The van der Waals surface area contributed by atoms with E-state index in [2.05, 4.69) is 60.3 Å². The van der Waals surface area contributed by atoms with Crippen LogP contribution in [0.2, 0.25) is 0 Å². The molecule has 0 radical (unpaired) electrons. The summed E-state index contributed by atoms with van der Waals surface area (Å²) in [7, 11) is 0. The minimum absolute atomic E-state index is 0.574. The van der Waals surface area contributed by atoms with E-state index in [-0.39, 0.29) is 0 Å². The molecule has 0 aliphatic heterocycles. The van der Waals surface area contributed by atoms with Crippen molar-refractivity contribution < 1.29 is 0 Å². The first-order valence-electron chi connectivity index (χ1n) is 6.87. The second-order valence-electron chi connectivity index (χ2n) is 5.07. The van der Waals surface area contributed by atoms with Crippen LogP contribution in [-0.4, -0.2) is 15.9 Å². The summed E-state index contributed by atoms with van der Waals surface area (Å²) in [5.74, 6) is 0. The zero-order chi connectivity index (χ0) is 13.7. The largest absolute Gasteiger partial charge is 0.290 e. The smallest absolute Gasteiger partial charge is 0.107 e. The van der Waals surface area contributed by atoms with Crippen LogP contribution >= 0.6 is 11.3 Å². The lowest BCUT2D eigenvalue weighted by Gasteiger charge is -2.27. The SMILES string of the molecule is CCC(C)N(Cc1ccc(C)cc1)Cc1nccs1. The molecule has 3 heteroatoms. The number of rotatable bonds is 6. The van der Waals surface area contributed by atoms with Gasteiger partial charge in [0.05, 0.1) is 6.54 Å². The summed E-state index contributed by atoms with van der Waals surface area (Å²) in [6, 6.07) is 9.41. The molecular weight excluding hydrogens is 252 g/mol. The molecule has 2 nitrogen and oxygen atoms in total. The average molecular weight is 274 g/mol. The molecule has 1 heterocycles. The van der Waals surface area contributed by atoms with E-state index in [0.29, 0.717) is 6.04 Å². The lowest BCUT2D eigenvalue weighted by Crippen LogP contribution is -2.31. The van der Waals surface area contributed by atoms with E-state index in [1.165, 1.54) is 16.1 Å². The number of hydrogen-bond acceptors (Lipinski definition) is 3. The summed E-state index contributed by atoms with van der Waals surface area (Å²) < 4.78 is 0. The number of aryl methyl sites for hydroxylation is 1. The van der Waals surface area contributed by atoms with Crippen molar-refractivity contribution in [1.82, 2.24) is 9.88 Å². The molecular formula is C16H22N2S. The molecule has 0 aliphatic rings. The molecule has 0 fully saturated rings. The van der Waals surface area contributed by atoms with E-state index in [1.807, 2.05) is 6.20 Å². The Kier molecular flexibility index (Phi) is 5.11. The highest BCUT2D eigenvalue weighted by Gasteiger charge is 2.14. The van der Waals surface area contributed by atoms with Crippen molar-refractivity contribution in [1.29, 1.82) is 0 Å². The third kappa shape index (κ3) is 4.15. The molecule has 0 aliphatic carbocycles. The highest BCUT2D eigenvalue weighted by molar-refractivity contribution is 7.09. The van der Waals surface area contributed by atoms with Gasteiger partial charge in [-0.05, 0) is 25.8 Å². The van der Waals surface area contributed by atoms with E-state index in [4.69, 9.17) is 0 Å². The second-order valence-corrected chi connectivity index (χ2v) is 6.05. The second kappa shape index (κ2) is 6.83. The molecule has 0 bridgehead atoms. The Labute approximate surface area is 120 Å². The van der Waals surface area contributed by atoms with Crippen LogP contribution in [0.25, 0.3) is 0 Å². The maximum Gasteiger partial charge on any atom is 0.107 e. The minimum atomic E-state index is 0.574. The van der Waals surface area contributed by atoms with Gasteiger partial charge in [-0.25, -0.2) is 4.98 Å². The van der Waals surface area contributed by atoms with E-state index in [0.717, 1.165) is 19.5 Å². The van der Waals surface area contributed by atoms with Crippen LogP contribution in [0.3, 0.4) is 0 Å². The van der Waals surface area contributed by atoms with Crippen LogP contribution in [0.5, 0.6) is 0 Å². The Hall–Kier alpha value is -1.19. The Morgan fingerprint density at radius 2 is 1.95 bits per heavy atom.